The molecule has 2 aromatic rings. The molecule has 0 radical (unpaired) electrons. The molecule has 0 aromatic heterocycles. The fraction of sp³-hybridized carbons (Fsp3) is 0.348. The topological polar surface area (TPSA) is 90.9 Å². The molecule has 1 heterocycles. The van der Waals surface area contributed by atoms with Crippen LogP contribution in [0.4, 0.5) is 5.69 Å². The number of rotatable bonds is 7. The number of carbonyl (C=O) groups is 3. The third-order valence-corrected chi connectivity index (χ3v) is 4.65. The first-order valence-electron chi connectivity index (χ1n) is 9.88. The van der Waals surface area contributed by atoms with Gasteiger partial charge in [0.15, 0.2) is 23.9 Å². The number of hydrogen-bond donors (Lipinski definition) is 1. The van der Waals surface area contributed by atoms with Crippen molar-refractivity contribution in [2.24, 2.45) is 0 Å². The second-order valence-electron chi connectivity index (χ2n) is 7.16. The van der Waals surface area contributed by atoms with E-state index in [-0.39, 0.29) is 18.6 Å². The second kappa shape index (κ2) is 9.91. The number of anilines is 1. The van der Waals surface area contributed by atoms with E-state index in [2.05, 4.69) is 5.32 Å². The maximum atomic E-state index is 12.4. The van der Waals surface area contributed by atoms with Gasteiger partial charge in [-0.1, -0.05) is 17.7 Å². The number of nitrogens with one attached hydrogen (secondary N) is 1. The van der Waals surface area contributed by atoms with Crippen molar-refractivity contribution in [1.82, 2.24) is 0 Å². The van der Waals surface area contributed by atoms with E-state index >= 15 is 0 Å². The number of fused-ring (bicyclic) bond motifs is 1. The number of benzene rings is 2. The minimum absolute atomic E-state index is 0.0167. The van der Waals surface area contributed by atoms with Gasteiger partial charge in [-0.25, -0.2) is 0 Å². The number of ether oxygens (including phenoxy) is 3. The molecule has 0 unspecified atom stereocenters. The van der Waals surface area contributed by atoms with Crippen LogP contribution in [0.2, 0.25) is 0 Å². The van der Waals surface area contributed by atoms with Crippen molar-refractivity contribution in [3.05, 3.63) is 53.1 Å². The Morgan fingerprint density at radius 3 is 2.50 bits per heavy atom. The maximum absolute atomic E-state index is 12.4. The first-order valence-corrected chi connectivity index (χ1v) is 9.88. The highest BCUT2D eigenvalue weighted by atomic mass is 16.5. The molecule has 2 aromatic carbocycles. The van der Waals surface area contributed by atoms with Crippen molar-refractivity contribution in [1.29, 1.82) is 0 Å². The van der Waals surface area contributed by atoms with Gasteiger partial charge in [0.25, 0.3) is 5.91 Å². The Morgan fingerprint density at radius 1 is 0.967 bits per heavy atom. The standard InChI is InChI=1S/C23H25NO6/c1-15-4-6-18(16(2)12-15)24-22(26)14-30-23(27)9-7-19(25)17-5-8-20-21(13-17)29-11-3-10-28-20/h4-6,8,12-13H,3,7,9-11,14H2,1-2H3,(H,24,26). The van der Waals surface area contributed by atoms with Gasteiger partial charge in [-0.3, -0.25) is 14.4 Å². The molecular formula is C23H25NO6. The highest BCUT2D eigenvalue weighted by Crippen LogP contribution is 2.30. The molecule has 0 bridgehead atoms. The molecule has 0 saturated heterocycles. The normalized spacial score (nSPS) is 12.6. The first-order chi connectivity index (χ1) is 14.4. The summed E-state index contributed by atoms with van der Waals surface area (Å²) in [5.41, 5.74) is 3.14. The first kappa shape index (κ1) is 21.4. The molecule has 0 atom stereocenters. The van der Waals surface area contributed by atoms with Crippen molar-refractivity contribution < 1.29 is 28.6 Å². The average Bonchev–Trinajstić information content (AvgIpc) is 2.97. The number of hydrogen-bond acceptors (Lipinski definition) is 6. The van der Waals surface area contributed by atoms with Crippen LogP contribution in [-0.2, 0) is 14.3 Å². The molecule has 1 amide bonds. The van der Waals surface area contributed by atoms with Gasteiger partial charge < -0.3 is 19.5 Å². The highest BCUT2D eigenvalue weighted by Gasteiger charge is 2.16. The fourth-order valence-corrected chi connectivity index (χ4v) is 3.06. The molecule has 0 aliphatic carbocycles. The van der Waals surface area contributed by atoms with Crippen LogP contribution >= 0.6 is 0 Å². The minimum atomic E-state index is -0.603. The summed E-state index contributed by atoms with van der Waals surface area (Å²) < 4.78 is 16.1. The van der Waals surface area contributed by atoms with Crippen molar-refractivity contribution in [3.8, 4) is 11.5 Å². The summed E-state index contributed by atoms with van der Waals surface area (Å²) in [5, 5.41) is 2.71. The van der Waals surface area contributed by atoms with Gasteiger partial charge >= 0.3 is 5.97 Å². The van der Waals surface area contributed by atoms with Crippen LogP contribution in [0.5, 0.6) is 11.5 Å². The Hall–Kier alpha value is -3.35. The Kier molecular flexibility index (Phi) is 7.06. The summed E-state index contributed by atoms with van der Waals surface area (Å²) in [6, 6.07) is 10.6. The number of esters is 1. The van der Waals surface area contributed by atoms with Crippen LogP contribution < -0.4 is 14.8 Å². The van der Waals surface area contributed by atoms with Gasteiger partial charge in [0.05, 0.1) is 19.6 Å². The minimum Gasteiger partial charge on any atom is -0.490 e. The predicted molar refractivity (Wildman–Crippen MR) is 111 cm³/mol. The van der Waals surface area contributed by atoms with E-state index in [0.717, 1.165) is 17.5 Å². The molecule has 30 heavy (non-hydrogen) atoms. The quantitative estimate of drug-likeness (QED) is 0.553. The molecular weight excluding hydrogens is 386 g/mol. The lowest BCUT2D eigenvalue weighted by atomic mass is 10.1. The predicted octanol–water partition coefficient (Wildman–Crippen LogP) is 3.61. The van der Waals surface area contributed by atoms with Gasteiger partial charge in [-0.2, -0.15) is 0 Å². The van der Waals surface area contributed by atoms with Gasteiger partial charge in [0, 0.05) is 24.1 Å². The summed E-state index contributed by atoms with van der Waals surface area (Å²) in [7, 11) is 0. The lowest BCUT2D eigenvalue weighted by molar-refractivity contribution is -0.147. The molecule has 7 heteroatoms. The molecule has 0 saturated carbocycles. The summed E-state index contributed by atoms with van der Waals surface area (Å²) in [6.45, 7) is 4.56. The number of ketones is 1. The Morgan fingerprint density at radius 2 is 1.73 bits per heavy atom. The van der Waals surface area contributed by atoms with Crippen molar-refractivity contribution in [2.75, 3.05) is 25.1 Å². The Labute approximate surface area is 175 Å². The van der Waals surface area contributed by atoms with Crippen LogP contribution in [0, 0.1) is 13.8 Å². The maximum Gasteiger partial charge on any atom is 0.306 e. The van der Waals surface area contributed by atoms with Gasteiger partial charge in [-0.05, 0) is 43.7 Å². The third-order valence-electron chi connectivity index (χ3n) is 4.65. The molecule has 0 spiro atoms. The summed E-state index contributed by atoms with van der Waals surface area (Å²) >= 11 is 0. The number of amides is 1. The third kappa shape index (κ3) is 5.83. The van der Waals surface area contributed by atoms with Crippen LogP contribution in [0.15, 0.2) is 36.4 Å². The molecule has 0 fully saturated rings. The largest absolute Gasteiger partial charge is 0.490 e. The van der Waals surface area contributed by atoms with Gasteiger partial charge in [0.2, 0.25) is 0 Å². The van der Waals surface area contributed by atoms with Crippen molar-refractivity contribution >= 4 is 23.3 Å². The van der Waals surface area contributed by atoms with Crippen LogP contribution in [-0.4, -0.2) is 37.5 Å². The van der Waals surface area contributed by atoms with E-state index in [0.29, 0.717) is 36.0 Å². The zero-order valence-corrected chi connectivity index (χ0v) is 17.2. The van der Waals surface area contributed by atoms with E-state index in [1.165, 1.54) is 0 Å². The van der Waals surface area contributed by atoms with Gasteiger partial charge in [0.1, 0.15) is 0 Å². The van der Waals surface area contributed by atoms with E-state index in [1.807, 2.05) is 26.0 Å². The molecule has 7 nitrogen and oxygen atoms in total. The zero-order valence-electron chi connectivity index (χ0n) is 17.2. The van der Waals surface area contributed by atoms with E-state index in [1.54, 1.807) is 24.3 Å². The number of Topliss-reactive ketones (excluding diaryl/α,β-unsaturated/α-hetero) is 1. The molecule has 1 aliphatic rings. The van der Waals surface area contributed by atoms with Crippen LogP contribution in [0.3, 0.4) is 0 Å². The van der Waals surface area contributed by atoms with E-state index in [4.69, 9.17) is 14.2 Å². The SMILES string of the molecule is Cc1ccc(NC(=O)COC(=O)CCC(=O)c2ccc3c(c2)OCCCO3)c(C)c1. The Balaban J connectivity index is 1.44. The monoisotopic (exact) mass is 411 g/mol. The zero-order chi connectivity index (χ0) is 21.5. The number of carbonyl (C=O) groups excluding carboxylic acids is 3. The number of aryl methyl sites for hydroxylation is 2. The fourth-order valence-electron chi connectivity index (χ4n) is 3.06. The summed E-state index contributed by atoms with van der Waals surface area (Å²) in [5.74, 6) is -0.0948. The highest BCUT2D eigenvalue weighted by molar-refractivity contribution is 5.98. The lowest BCUT2D eigenvalue weighted by Crippen LogP contribution is -2.21. The van der Waals surface area contributed by atoms with Crippen LogP contribution in [0.1, 0.15) is 40.7 Å². The molecule has 3 rings (SSSR count). The van der Waals surface area contributed by atoms with E-state index in [9.17, 15) is 14.4 Å². The smallest absolute Gasteiger partial charge is 0.306 e. The second-order valence-corrected chi connectivity index (χ2v) is 7.16. The van der Waals surface area contributed by atoms with Crippen LogP contribution in [0.25, 0.3) is 0 Å². The Bertz CT molecular complexity index is 953. The summed E-state index contributed by atoms with van der Waals surface area (Å²) in [4.78, 5) is 36.3. The molecule has 1 N–H and O–H groups in total. The van der Waals surface area contributed by atoms with Crippen molar-refractivity contribution in [3.63, 3.8) is 0 Å². The molecule has 158 valence electrons. The van der Waals surface area contributed by atoms with Gasteiger partial charge in [-0.15, -0.1) is 0 Å². The lowest BCUT2D eigenvalue weighted by Gasteiger charge is -2.10. The molecule has 1 aliphatic heterocycles. The van der Waals surface area contributed by atoms with E-state index < -0.39 is 18.5 Å². The average molecular weight is 411 g/mol. The summed E-state index contributed by atoms with van der Waals surface area (Å²) in [6.07, 6.45) is 0.655. The van der Waals surface area contributed by atoms with Crippen molar-refractivity contribution in [2.45, 2.75) is 33.1 Å².